The molecule has 1 fully saturated rings. The van der Waals surface area contributed by atoms with E-state index in [0.29, 0.717) is 25.8 Å². The van der Waals surface area contributed by atoms with Crippen molar-refractivity contribution in [3.05, 3.63) is 0 Å². The van der Waals surface area contributed by atoms with Crippen LogP contribution < -0.4 is 10.9 Å². The van der Waals surface area contributed by atoms with Crippen molar-refractivity contribution >= 4 is 17.8 Å². The number of carbonyl (C=O) groups is 3. The van der Waals surface area contributed by atoms with Crippen LogP contribution in [0.15, 0.2) is 0 Å². The Hall–Kier alpha value is -1.67. The van der Waals surface area contributed by atoms with E-state index in [1.807, 2.05) is 13.8 Å². The molecule has 0 aliphatic carbocycles. The third-order valence-corrected chi connectivity index (χ3v) is 3.43. The largest absolute Gasteiger partial charge is 0.480 e. The quantitative estimate of drug-likeness (QED) is 0.409. The minimum absolute atomic E-state index is 0.165. The molecule has 0 aromatic heterocycles. The molecule has 1 saturated heterocycles. The lowest BCUT2D eigenvalue weighted by atomic mass is 9.92. The molecule has 0 aromatic carbocycles. The molecule has 1 heterocycles. The number of rotatable bonds is 6. The number of carbonyl (C=O) groups excluding carboxylic acids is 2. The first-order chi connectivity index (χ1) is 9.86. The van der Waals surface area contributed by atoms with E-state index in [4.69, 9.17) is 5.21 Å². The third-order valence-electron chi connectivity index (χ3n) is 3.43. The summed E-state index contributed by atoms with van der Waals surface area (Å²) in [7, 11) is 0. The molecule has 8 nitrogen and oxygen atoms in total. The second-order valence-corrected chi connectivity index (χ2v) is 5.68. The molecule has 120 valence electrons. The summed E-state index contributed by atoms with van der Waals surface area (Å²) in [5.41, 5.74) is 4.32. The lowest BCUT2D eigenvalue weighted by Gasteiger charge is -2.36. The van der Waals surface area contributed by atoms with Crippen LogP contribution in [-0.4, -0.2) is 45.7 Å². The number of hydroxylamine groups is 1. The normalized spacial score (nSPS) is 20.2. The Labute approximate surface area is 123 Å². The zero-order valence-corrected chi connectivity index (χ0v) is 12.3. The summed E-state index contributed by atoms with van der Waals surface area (Å²) in [6, 6.07) is -0.918. The maximum Gasteiger partial charge on any atom is 0.328 e. The van der Waals surface area contributed by atoms with Gasteiger partial charge in [-0.2, -0.15) is 0 Å². The Morgan fingerprint density at radius 3 is 2.57 bits per heavy atom. The summed E-state index contributed by atoms with van der Waals surface area (Å²) >= 11 is 0. The summed E-state index contributed by atoms with van der Waals surface area (Å²) in [5.74, 6) is -2.63. The molecule has 2 amide bonds. The Morgan fingerprint density at radius 2 is 2.05 bits per heavy atom. The van der Waals surface area contributed by atoms with Gasteiger partial charge in [-0.3, -0.25) is 19.8 Å². The Kier molecular flexibility index (Phi) is 6.57. The van der Waals surface area contributed by atoms with E-state index in [2.05, 4.69) is 5.43 Å². The fourth-order valence-corrected chi connectivity index (χ4v) is 2.51. The summed E-state index contributed by atoms with van der Waals surface area (Å²) in [6.07, 6.45) is 1.33. The highest BCUT2D eigenvalue weighted by Gasteiger charge is 2.36. The lowest BCUT2D eigenvalue weighted by molar-refractivity contribution is -0.159. The number of hydrazine groups is 1. The standard InChI is InChI=1S/C13H23N3O5/c1-8(2)6-9(7-11(17)15-21)12(18)16-10(13(19)20)4-3-5-14-16/h8-10,14,21H,3-7H2,1-2H3,(H,15,17)(H,19,20)/t9-,10+/m1/s1. The molecule has 1 aliphatic rings. The SMILES string of the molecule is CC(C)C[C@H](CC(=O)NO)C(=O)N1NCCC[C@H]1C(=O)O. The second kappa shape index (κ2) is 7.94. The van der Waals surface area contributed by atoms with E-state index >= 15 is 0 Å². The van der Waals surface area contributed by atoms with Crippen LogP contribution in [0, 0.1) is 11.8 Å². The van der Waals surface area contributed by atoms with Crippen molar-refractivity contribution in [2.24, 2.45) is 11.8 Å². The van der Waals surface area contributed by atoms with Crippen molar-refractivity contribution in [2.75, 3.05) is 6.54 Å². The van der Waals surface area contributed by atoms with Gasteiger partial charge in [0.25, 0.3) is 0 Å². The van der Waals surface area contributed by atoms with Gasteiger partial charge in [0.05, 0.1) is 0 Å². The average Bonchev–Trinajstić information content (AvgIpc) is 2.45. The molecule has 0 unspecified atom stereocenters. The molecule has 0 spiro atoms. The molecule has 4 N–H and O–H groups in total. The topological polar surface area (TPSA) is 119 Å². The Bertz CT molecular complexity index is 399. The smallest absolute Gasteiger partial charge is 0.328 e. The van der Waals surface area contributed by atoms with Gasteiger partial charge < -0.3 is 5.11 Å². The van der Waals surface area contributed by atoms with E-state index in [1.165, 1.54) is 5.48 Å². The zero-order chi connectivity index (χ0) is 16.0. The van der Waals surface area contributed by atoms with Crippen LogP contribution in [-0.2, 0) is 14.4 Å². The minimum atomic E-state index is -1.06. The maximum absolute atomic E-state index is 12.5. The highest BCUT2D eigenvalue weighted by Crippen LogP contribution is 2.21. The van der Waals surface area contributed by atoms with Crippen LogP contribution in [0.3, 0.4) is 0 Å². The lowest BCUT2D eigenvalue weighted by Crippen LogP contribution is -2.58. The van der Waals surface area contributed by atoms with Crippen molar-refractivity contribution < 1.29 is 24.7 Å². The van der Waals surface area contributed by atoms with Gasteiger partial charge in [0.2, 0.25) is 11.8 Å². The highest BCUT2D eigenvalue weighted by molar-refractivity contribution is 5.88. The fraction of sp³-hybridized carbons (Fsp3) is 0.769. The molecule has 0 aromatic rings. The summed E-state index contributed by atoms with van der Waals surface area (Å²) in [5, 5.41) is 18.9. The van der Waals surface area contributed by atoms with Gasteiger partial charge in [-0.05, 0) is 25.2 Å². The number of nitrogens with one attached hydrogen (secondary N) is 2. The summed E-state index contributed by atoms with van der Waals surface area (Å²) in [4.78, 5) is 35.1. The number of carboxylic acid groups (broad SMARTS) is 1. The Balaban J connectivity index is 2.85. The van der Waals surface area contributed by atoms with Gasteiger partial charge in [-0.1, -0.05) is 13.8 Å². The van der Waals surface area contributed by atoms with Crippen molar-refractivity contribution in [2.45, 2.75) is 45.6 Å². The maximum atomic E-state index is 12.5. The number of aliphatic carboxylic acids is 1. The molecule has 21 heavy (non-hydrogen) atoms. The first-order valence-electron chi connectivity index (χ1n) is 7.09. The van der Waals surface area contributed by atoms with Crippen LogP contribution in [0.2, 0.25) is 0 Å². The summed E-state index contributed by atoms with van der Waals surface area (Å²) in [6.45, 7) is 4.35. The van der Waals surface area contributed by atoms with Crippen molar-refractivity contribution in [1.82, 2.24) is 15.9 Å². The monoisotopic (exact) mass is 301 g/mol. The number of carboxylic acids is 1. The third kappa shape index (κ3) is 4.98. The number of hydrogen-bond donors (Lipinski definition) is 4. The van der Waals surface area contributed by atoms with Crippen LogP contribution in [0.4, 0.5) is 0 Å². The molecule has 0 bridgehead atoms. The van der Waals surface area contributed by atoms with Crippen molar-refractivity contribution in [3.8, 4) is 0 Å². The van der Waals surface area contributed by atoms with E-state index in [0.717, 1.165) is 5.01 Å². The van der Waals surface area contributed by atoms with Crippen LogP contribution in [0.1, 0.15) is 39.5 Å². The van der Waals surface area contributed by atoms with Gasteiger partial charge in [0, 0.05) is 18.9 Å². The van der Waals surface area contributed by atoms with Gasteiger partial charge in [-0.15, -0.1) is 0 Å². The first kappa shape index (κ1) is 17.4. The second-order valence-electron chi connectivity index (χ2n) is 5.68. The molecular weight excluding hydrogens is 278 g/mol. The van der Waals surface area contributed by atoms with Gasteiger partial charge >= 0.3 is 5.97 Å². The predicted molar refractivity (Wildman–Crippen MR) is 73.0 cm³/mol. The van der Waals surface area contributed by atoms with Crippen LogP contribution in [0.25, 0.3) is 0 Å². The minimum Gasteiger partial charge on any atom is -0.480 e. The van der Waals surface area contributed by atoms with Crippen molar-refractivity contribution in [1.29, 1.82) is 0 Å². The number of amides is 2. The number of hydrogen-bond acceptors (Lipinski definition) is 5. The van der Waals surface area contributed by atoms with E-state index in [9.17, 15) is 19.5 Å². The van der Waals surface area contributed by atoms with Crippen LogP contribution >= 0.6 is 0 Å². The molecule has 1 rings (SSSR count). The van der Waals surface area contributed by atoms with Gasteiger partial charge in [-0.25, -0.2) is 15.7 Å². The first-order valence-corrected chi connectivity index (χ1v) is 7.09. The molecule has 2 atom stereocenters. The summed E-state index contributed by atoms with van der Waals surface area (Å²) < 4.78 is 0. The van der Waals surface area contributed by atoms with Crippen LogP contribution in [0.5, 0.6) is 0 Å². The predicted octanol–water partition coefficient (Wildman–Crippen LogP) is 0.124. The van der Waals surface area contributed by atoms with Gasteiger partial charge in [0.15, 0.2) is 0 Å². The van der Waals surface area contributed by atoms with Crippen molar-refractivity contribution in [3.63, 3.8) is 0 Å². The molecule has 0 saturated carbocycles. The molecule has 1 aliphatic heterocycles. The molecule has 8 heteroatoms. The zero-order valence-electron chi connectivity index (χ0n) is 12.3. The fourth-order valence-electron chi connectivity index (χ4n) is 2.51. The average molecular weight is 301 g/mol. The molecular formula is C13H23N3O5. The van der Waals surface area contributed by atoms with E-state index in [-0.39, 0.29) is 12.3 Å². The Morgan fingerprint density at radius 1 is 1.38 bits per heavy atom. The van der Waals surface area contributed by atoms with E-state index in [1.54, 1.807) is 0 Å². The highest BCUT2D eigenvalue weighted by atomic mass is 16.5. The van der Waals surface area contributed by atoms with E-state index < -0.39 is 29.7 Å². The van der Waals surface area contributed by atoms with Gasteiger partial charge in [0.1, 0.15) is 6.04 Å². The molecule has 0 radical (unpaired) electrons. The number of nitrogens with zero attached hydrogens (tertiary/aromatic N) is 1.